The van der Waals surface area contributed by atoms with E-state index in [4.69, 9.17) is 0 Å². The van der Waals surface area contributed by atoms with Crippen LogP contribution < -0.4 is 0 Å². The van der Waals surface area contributed by atoms with Crippen LogP contribution in [-0.4, -0.2) is 0 Å². The summed E-state index contributed by atoms with van der Waals surface area (Å²) in [5.74, 6) is 1.79. The summed E-state index contributed by atoms with van der Waals surface area (Å²) >= 11 is 0. The molecule has 0 fully saturated rings. The van der Waals surface area contributed by atoms with E-state index < -0.39 is 0 Å². The van der Waals surface area contributed by atoms with Crippen LogP contribution in [0.4, 0.5) is 0 Å². The van der Waals surface area contributed by atoms with Gasteiger partial charge in [-0.05, 0) is 43.1 Å². The van der Waals surface area contributed by atoms with E-state index in [-0.39, 0.29) is 0 Å². The van der Waals surface area contributed by atoms with Gasteiger partial charge in [0.15, 0.2) is 0 Å². The van der Waals surface area contributed by atoms with Crippen LogP contribution in [0.15, 0.2) is 23.8 Å². The molecule has 2 aliphatic carbocycles. The monoisotopic (exact) mass is 148 g/mol. The van der Waals surface area contributed by atoms with E-state index in [2.05, 4.69) is 25.2 Å². The molecule has 1 unspecified atom stereocenters. The van der Waals surface area contributed by atoms with Gasteiger partial charge in [-0.3, -0.25) is 0 Å². The molecular weight excluding hydrogens is 132 g/mol. The van der Waals surface area contributed by atoms with Crippen molar-refractivity contribution in [2.45, 2.75) is 32.6 Å². The van der Waals surface area contributed by atoms with Crippen molar-refractivity contribution in [1.82, 2.24) is 0 Å². The van der Waals surface area contributed by atoms with Crippen molar-refractivity contribution in [3.05, 3.63) is 23.8 Å². The van der Waals surface area contributed by atoms with E-state index in [1.807, 2.05) is 0 Å². The first-order valence-electron chi connectivity index (χ1n) is 4.74. The van der Waals surface area contributed by atoms with Gasteiger partial charge in [0, 0.05) is 0 Å². The lowest BCUT2D eigenvalue weighted by atomic mass is 9.75. The minimum absolute atomic E-state index is 0.895. The van der Waals surface area contributed by atoms with Gasteiger partial charge in [-0.1, -0.05) is 25.2 Å². The summed E-state index contributed by atoms with van der Waals surface area (Å²) < 4.78 is 0. The Balaban J connectivity index is 2.24. The van der Waals surface area contributed by atoms with Gasteiger partial charge in [0.25, 0.3) is 0 Å². The van der Waals surface area contributed by atoms with Crippen molar-refractivity contribution in [1.29, 1.82) is 0 Å². The maximum atomic E-state index is 2.43. The largest absolute Gasteiger partial charge is 0.0840 e. The fourth-order valence-electron chi connectivity index (χ4n) is 2.31. The van der Waals surface area contributed by atoms with Crippen molar-refractivity contribution in [2.24, 2.45) is 11.8 Å². The molecule has 0 N–H and O–H groups in total. The van der Waals surface area contributed by atoms with Crippen molar-refractivity contribution in [3.8, 4) is 0 Å². The van der Waals surface area contributed by atoms with Gasteiger partial charge in [-0.25, -0.2) is 0 Å². The molecule has 0 heteroatoms. The summed E-state index contributed by atoms with van der Waals surface area (Å²) in [5, 5.41) is 0. The third kappa shape index (κ3) is 1.26. The zero-order valence-corrected chi connectivity index (χ0v) is 7.22. The average Bonchev–Trinajstić information content (AvgIpc) is 2.06. The van der Waals surface area contributed by atoms with Crippen molar-refractivity contribution in [3.63, 3.8) is 0 Å². The fraction of sp³-hybridized carbons (Fsp3) is 0.636. The molecule has 2 rings (SSSR count). The second-order valence-corrected chi connectivity index (χ2v) is 3.86. The Morgan fingerprint density at radius 3 is 3.18 bits per heavy atom. The molecular formula is C11H16. The highest BCUT2D eigenvalue weighted by Crippen LogP contribution is 2.36. The first-order chi connectivity index (χ1) is 5.38. The first-order valence-corrected chi connectivity index (χ1v) is 4.74. The topological polar surface area (TPSA) is 0 Å². The Morgan fingerprint density at radius 2 is 2.36 bits per heavy atom. The van der Waals surface area contributed by atoms with E-state index in [9.17, 15) is 0 Å². The molecule has 2 atom stereocenters. The van der Waals surface area contributed by atoms with Crippen LogP contribution in [0.3, 0.4) is 0 Å². The standard InChI is InChI=1S/C11H16/c1-9-5-4-7-10-6-2-3-8-11(9)10/h4,6-7,9,11H,2-3,5,8H2,1H3/t9-,11?/m0/s1. The highest BCUT2D eigenvalue weighted by molar-refractivity contribution is 5.27. The zero-order chi connectivity index (χ0) is 7.68. The van der Waals surface area contributed by atoms with Gasteiger partial charge in [-0.2, -0.15) is 0 Å². The Labute approximate surface area is 69.0 Å². The fourth-order valence-corrected chi connectivity index (χ4v) is 2.31. The second kappa shape index (κ2) is 2.84. The third-order valence-corrected chi connectivity index (χ3v) is 3.03. The molecule has 0 amide bonds. The maximum absolute atomic E-state index is 2.43. The summed E-state index contributed by atoms with van der Waals surface area (Å²) in [6, 6.07) is 0. The molecule has 2 aliphatic rings. The van der Waals surface area contributed by atoms with Crippen molar-refractivity contribution < 1.29 is 0 Å². The van der Waals surface area contributed by atoms with Crippen molar-refractivity contribution in [2.75, 3.05) is 0 Å². The molecule has 0 radical (unpaired) electrons. The van der Waals surface area contributed by atoms with Gasteiger partial charge in [0.05, 0.1) is 0 Å². The SMILES string of the molecule is C[C@H]1CC=CC2=CCCCC21. The Bertz CT molecular complexity index is 198. The summed E-state index contributed by atoms with van der Waals surface area (Å²) in [5.41, 5.74) is 1.62. The number of rotatable bonds is 0. The van der Waals surface area contributed by atoms with Crippen LogP contribution in [0, 0.1) is 11.8 Å². The number of fused-ring (bicyclic) bond motifs is 1. The van der Waals surface area contributed by atoms with Crippen LogP contribution in [0.5, 0.6) is 0 Å². The van der Waals surface area contributed by atoms with Crippen LogP contribution in [0.1, 0.15) is 32.6 Å². The highest BCUT2D eigenvalue weighted by atomic mass is 14.3. The highest BCUT2D eigenvalue weighted by Gasteiger charge is 2.23. The summed E-state index contributed by atoms with van der Waals surface area (Å²) in [4.78, 5) is 0. The van der Waals surface area contributed by atoms with Crippen LogP contribution in [0.25, 0.3) is 0 Å². The van der Waals surface area contributed by atoms with E-state index >= 15 is 0 Å². The molecule has 0 spiro atoms. The molecule has 0 saturated carbocycles. The van der Waals surface area contributed by atoms with Gasteiger partial charge in [-0.15, -0.1) is 0 Å². The van der Waals surface area contributed by atoms with Crippen molar-refractivity contribution >= 4 is 0 Å². The molecule has 0 aromatic carbocycles. The quantitative estimate of drug-likeness (QED) is 0.494. The van der Waals surface area contributed by atoms with E-state index in [1.54, 1.807) is 5.57 Å². The van der Waals surface area contributed by atoms with Gasteiger partial charge in [0.1, 0.15) is 0 Å². The third-order valence-electron chi connectivity index (χ3n) is 3.03. The molecule has 0 nitrogen and oxygen atoms in total. The minimum Gasteiger partial charge on any atom is -0.0840 e. The summed E-state index contributed by atoms with van der Waals surface area (Å²) in [7, 11) is 0. The number of hydrogen-bond acceptors (Lipinski definition) is 0. The zero-order valence-electron chi connectivity index (χ0n) is 7.22. The lowest BCUT2D eigenvalue weighted by molar-refractivity contribution is 0.364. The molecule has 60 valence electrons. The van der Waals surface area contributed by atoms with E-state index in [1.165, 1.54) is 25.7 Å². The number of allylic oxidation sites excluding steroid dienone is 4. The molecule has 0 heterocycles. The predicted octanol–water partition coefficient (Wildman–Crippen LogP) is 3.31. The van der Waals surface area contributed by atoms with Gasteiger partial charge < -0.3 is 0 Å². The number of hydrogen-bond donors (Lipinski definition) is 0. The Kier molecular flexibility index (Phi) is 1.85. The molecule has 0 aliphatic heterocycles. The maximum Gasteiger partial charge on any atom is -0.0136 e. The van der Waals surface area contributed by atoms with E-state index in [0.717, 1.165) is 11.8 Å². The smallest absolute Gasteiger partial charge is 0.0136 e. The van der Waals surface area contributed by atoms with Crippen LogP contribution in [-0.2, 0) is 0 Å². The van der Waals surface area contributed by atoms with E-state index in [0.29, 0.717) is 0 Å². The molecule has 0 bridgehead atoms. The average molecular weight is 148 g/mol. The molecule has 0 aromatic rings. The van der Waals surface area contributed by atoms with Gasteiger partial charge >= 0.3 is 0 Å². The minimum atomic E-state index is 0.895. The van der Waals surface area contributed by atoms with Crippen LogP contribution >= 0.6 is 0 Å². The molecule has 0 saturated heterocycles. The normalized spacial score (nSPS) is 36.3. The lowest BCUT2D eigenvalue weighted by Gasteiger charge is -2.30. The Morgan fingerprint density at radius 1 is 1.45 bits per heavy atom. The molecule has 0 aromatic heterocycles. The second-order valence-electron chi connectivity index (χ2n) is 3.86. The van der Waals surface area contributed by atoms with Gasteiger partial charge in [0.2, 0.25) is 0 Å². The lowest BCUT2D eigenvalue weighted by Crippen LogP contribution is -2.18. The Hall–Kier alpha value is -0.520. The summed E-state index contributed by atoms with van der Waals surface area (Å²) in [6.45, 7) is 2.38. The molecule has 11 heavy (non-hydrogen) atoms. The van der Waals surface area contributed by atoms with Crippen LogP contribution in [0.2, 0.25) is 0 Å². The first kappa shape index (κ1) is 7.15. The summed E-state index contributed by atoms with van der Waals surface area (Å²) in [6.07, 6.45) is 12.5. The predicted molar refractivity (Wildman–Crippen MR) is 48.3 cm³/mol.